The zero-order chi connectivity index (χ0) is 10.9. The van der Waals surface area contributed by atoms with Gasteiger partial charge in [0, 0.05) is 12.4 Å². The van der Waals surface area contributed by atoms with Crippen LogP contribution in [0.2, 0.25) is 0 Å². The normalized spacial score (nSPS) is 9.67. The van der Waals surface area contributed by atoms with Crippen LogP contribution >= 0.6 is 11.6 Å². The number of hydrogen-bond acceptors (Lipinski definition) is 2. The first-order valence-electron chi connectivity index (χ1n) is 4.58. The van der Waals surface area contributed by atoms with Crippen LogP contribution in [-0.2, 0) is 11.4 Å². The Balaban J connectivity index is 2.14. The van der Waals surface area contributed by atoms with E-state index in [0.29, 0.717) is 19.0 Å². The minimum absolute atomic E-state index is 0.342. The quantitative estimate of drug-likeness (QED) is 0.595. The van der Waals surface area contributed by atoms with Gasteiger partial charge in [0.05, 0.1) is 6.61 Å². The molecule has 0 aliphatic heterocycles. The molecule has 5 heteroatoms. The van der Waals surface area contributed by atoms with Crippen molar-refractivity contribution in [2.45, 2.75) is 6.61 Å². The third-order valence-corrected chi connectivity index (χ3v) is 1.82. The van der Waals surface area contributed by atoms with E-state index in [2.05, 4.69) is 10.8 Å². The van der Waals surface area contributed by atoms with Crippen molar-refractivity contribution in [2.24, 2.45) is 0 Å². The second-order valence-electron chi connectivity index (χ2n) is 2.82. The molecule has 0 aromatic heterocycles. The first kappa shape index (κ1) is 11.8. The lowest BCUT2D eigenvalue weighted by atomic mass is 10.2. The SMILES string of the molecule is O=C(NCCCl)NOCc1ccccc1. The molecule has 2 amide bonds. The first-order valence-corrected chi connectivity index (χ1v) is 5.12. The summed E-state index contributed by atoms with van der Waals surface area (Å²) < 4.78 is 0. The molecule has 0 aliphatic carbocycles. The van der Waals surface area contributed by atoms with Gasteiger partial charge < -0.3 is 5.32 Å². The van der Waals surface area contributed by atoms with Gasteiger partial charge in [-0.05, 0) is 5.56 Å². The van der Waals surface area contributed by atoms with E-state index >= 15 is 0 Å². The highest BCUT2D eigenvalue weighted by molar-refractivity contribution is 6.18. The van der Waals surface area contributed by atoms with Crippen molar-refractivity contribution in [1.29, 1.82) is 0 Å². The number of carbonyl (C=O) groups is 1. The molecule has 1 aromatic carbocycles. The molecule has 4 nitrogen and oxygen atoms in total. The van der Waals surface area contributed by atoms with Crippen molar-refractivity contribution >= 4 is 17.6 Å². The molecule has 15 heavy (non-hydrogen) atoms. The van der Waals surface area contributed by atoms with Gasteiger partial charge >= 0.3 is 6.03 Å². The van der Waals surface area contributed by atoms with Crippen LogP contribution in [0.4, 0.5) is 4.79 Å². The molecule has 0 aliphatic rings. The molecule has 1 rings (SSSR count). The number of amides is 2. The van der Waals surface area contributed by atoms with Crippen LogP contribution in [0.5, 0.6) is 0 Å². The lowest BCUT2D eigenvalue weighted by Gasteiger charge is -2.06. The molecular formula is C10H13ClN2O2. The molecule has 2 N–H and O–H groups in total. The molecule has 0 saturated carbocycles. The van der Waals surface area contributed by atoms with Crippen molar-refractivity contribution in [3.05, 3.63) is 35.9 Å². The number of carbonyl (C=O) groups excluding carboxylic acids is 1. The summed E-state index contributed by atoms with van der Waals surface area (Å²) in [5.41, 5.74) is 3.25. The van der Waals surface area contributed by atoms with Crippen molar-refractivity contribution in [3.63, 3.8) is 0 Å². The number of hydroxylamine groups is 1. The van der Waals surface area contributed by atoms with Gasteiger partial charge in [0.2, 0.25) is 0 Å². The first-order chi connectivity index (χ1) is 7.33. The summed E-state index contributed by atoms with van der Waals surface area (Å²) in [7, 11) is 0. The number of alkyl halides is 1. The summed E-state index contributed by atoms with van der Waals surface area (Å²) in [5.74, 6) is 0.381. The van der Waals surface area contributed by atoms with Gasteiger partial charge in [-0.3, -0.25) is 4.84 Å². The third kappa shape index (κ3) is 5.24. The Labute approximate surface area is 93.5 Å². The van der Waals surface area contributed by atoms with Gasteiger partial charge in [-0.15, -0.1) is 11.6 Å². The van der Waals surface area contributed by atoms with Crippen molar-refractivity contribution in [2.75, 3.05) is 12.4 Å². The Morgan fingerprint density at radius 3 is 2.73 bits per heavy atom. The van der Waals surface area contributed by atoms with Gasteiger partial charge in [0.1, 0.15) is 0 Å². The molecular weight excluding hydrogens is 216 g/mol. The average molecular weight is 229 g/mol. The highest BCUT2D eigenvalue weighted by Gasteiger charge is 1.98. The molecule has 0 unspecified atom stereocenters. The van der Waals surface area contributed by atoms with E-state index in [-0.39, 0.29) is 6.03 Å². The van der Waals surface area contributed by atoms with Gasteiger partial charge in [-0.1, -0.05) is 30.3 Å². The Morgan fingerprint density at radius 1 is 1.33 bits per heavy atom. The number of halogens is 1. The Kier molecular flexibility index (Phi) is 5.58. The molecule has 0 heterocycles. The van der Waals surface area contributed by atoms with E-state index in [1.54, 1.807) is 0 Å². The molecule has 82 valence electrons. The van der Waals surface area contributed by atoms with Gasteiger partial charge in [-0.25, -0.2) is 10.3 Å². The van der Waals surface area contributed by atoms with Crippen LogP contribution in [-0.4, -0.2) is 18.5 Å². The van der Waals surface area contributed by atoms with E-state index < -0.39 is 0 Å². The second-order valence-corrected chi connectivity index (χ2v) is 3.20. The van der Waals surface area contributed by atoms with Crippen LogP contribution in [0, 0.1) is 0 Å². The van der Waals surface area contributed by atoms with Crippen LogP contribution in [0.15, 0.2) is 30.3 Å². The number of urea groups is 1. The summed E-state index contributed by atoms with van der Waals surface area (Å²) in [4.78, 5) is 16.0. The largest absolute Gasteiger partial charge is 0.338 e. The fourth-order valence-electron chi connectivity index (χ4n) is 0.956. The highest BCUT2D eigenvalue weighted by atomic mass is 35.5. The van der Waals surface area contributed by atoms with Crippen LogP contribution in [0.25, 0.3) is 0 Å². The number of rotatable bonds is 5. The van der Waals surface area contributed by atoms with Crippen molar-refractivity contribution < 1.29 is 9.63 Å². The average Bonchev–Trinajstić information content (AvgIpc) is 2.28. The molecule has 1 aromatic rings. The van der Waals surface area contributed by atoms with E-state index in [9.17, 15) is 4.79 Å². The number of nitrogens with one attached hydrogen (secondary N) is 2. The zero-order valence-electron chi connectivity index (χ0n) is 8.20. The molecule has 0 radical (unpaired) electrons. The van der Waals surface area contributed by atoms with Gasteiger partial charge in [-0.2, -0.15) is 0 Å². The summed E-state index contributed by atoms with van der Waals surface area (Å²) >= 11 is 5.39. The van der Waals surface area contributed by atoms with Gasteiger partial charge in [0.15, 0.2) is 0 Å². The van der Waals surface area contributed by atoms with E-state index in [1.165, 1.54) is 0 Å². The maximum atomic E-state index is 11.0. The van der Waals surface area contributed by atoms with Crippen LogP contribution < -0.4 is 10.8 Å². The third-order valence-electron chi connectivity index (χ3n) is 1.63. The lowest BCUT2D eigenvalue weighted by molar-refractivity contribution is 0.0493. The Hall–Kier alpha value is -1.26. The van der Waals surface area contributed by atoms with E-state index in [4.69, 9.17) is 16.4 Å². The minimum atomic E-state index is -0.383. The topological polar surface area (TPSA) is 50.4 Å². The summed E-state index contributed by atoms with van der Waals surface area (Å²) in [6.07, 6.45) is 0. The van der Waals surface area contributed by atoms with Crippen molar-refractivity contribution in [3.8, 4) is 0 Å². The molecule has 0 spiro atoms. The summed E-state index contributed by atoms with van der Waals surface area (Å²) in [6, 6.07) is 9.19. The maximum Gasteiger partial charge on any atom is 0.338 e. The van der Waals surface area contributed by atoms with Crippen LogP contribution in [0.3, 0.4) is 0 Å². The zero-order valence-corrected chi connectivity index (χ0v) is 8.96. The van der Waals surface area contributed by atoms with Gasteiger partial charge in [0.25, 0.3) is 0 Å². The second kappa shape index (κ2) is 7.09. The number of benzene rings is 1. The summed E-state index contributed by atoms with van der Waals surface area (Å²) in [5, 5.41) is 2.51. The molecule has 0 fully saturated rings. The van der Waals surface area contributed by atoms with Crippen LogP contribution in [0.1, 0.15) is 5.56 Å². The number of hydrogen-bond donors (Lipinski definition) is 2. The summed E-state index contributed by atoms with van der Waals surface area (Å²) in [6.45, 7) is 0.761. The monoisotopic (exact) mass is 228 g/mol. The van der Waals surface area contributed by atoms with E-state index in [1.807, 2.05) is 30.3 Å². The smallest absolute Gasteiger partial charge is 0.335 e. The standard InChI is InChI=1S/C10H13ClN2O2/c11-6-7-12-10(14)13-15-8-9-4-2-1-3-5-9/h1-5H,6-8H2,(H2,12,13,14). The lowest BCUT2D eigenvalue weighted by Crippen LogP contribution is -2.36. The Morgan fingerprint density at radius 2 is 2.07 bits per heavy atom. The minimum Gasteiger partial charge on any atom is -0.335 e. The molecule has 0 saturated heterocycles. The Bertz CT molecular complexity index is 293. The predicted octanol–water partition coefficient (Wildman–Crippen LogP) is 1.66. The fraction of sp³-hybridized carbons (Fsp3) is 0.300. The fourth-order valence-corrected chi connectivity index (χ4v) is 1.05. The molecule has 0 bridgehead atoms. The molecule has 0 atom stereocenters. The predicted molar refractivity (Wildman–Crippen MR) is 58.5 cm³/mol. The maximum absolute atomic E-state index is 11.0. The van der Waals surface area contributed by atoms with Crippen molar-refractivity contribution in [1.82, 2.24) is 10.8 Å². The van der Waals surface area contributed by atoms with E-state index in [0.717, 1.165) is 5.56 Å². The highest BCUT2D eigenvalue weighted by Crippen LogP contribution is 1.98.